The first kappa shape index (κ1) is 21.4. The van der Waals surface area contributed by atoms with Gasteiger partial charge >= 0.3 is 0 Å². The molecule has 0 rings (SSSR count). The quantitative estimate of drug-likeness (QED) is 0.339. The van der Waals surface area contributed by atoms with Crippen molar-refractivity contribution in [3.05, 3.63) is 24.3 Å². The fraction of sp³-hybridized carbons (Fsp3) is 0.722. The largest absolute Gasteiger partial charge is 0.389 e. The van der Waals surface area contributed by atoms with E-state index in [2.05, 4.69) is 19.9 Å². The van der Waals surface area contributed by atoms with Crippen molar-refractivity contribution in [3.63, 3.8) is 0 Å². The van der Waals surface area contributed by atoms with Crippen LogP contribution in [-0.4, -0.2) is 17.0 Å². The Morgan fingerprint density at radius 1 is 1.00 bits per heavy atom. The van der Waals surface area contributed by atoms with Gasteiger partial charge < -0.3 is 5.11 Å². The van der Waals surface area contributed by atoms with Gasteiger partial charge in [0.25, 0.3) is 0 Å². The van der Waals surface area contributed by atoms with Gasteiger partial charge in [0.05, 0.1) is 6.10 Å². The fourth-order valence-corrected chi connectivity index (χ4v) is 1.57. The first-order chi connectivity index (χ1) is 9.54. The lowest BCUT2D eigenvalue weighted by Gasteiger charge is -1.93. The summed E-state index contributed by atoms with van der Waals surface area (Å²) < 4.78 is 0. The molecule has 0 aliphatic heterocycles. The van der Waals surface area contributed by atoms with E-state index in [4.69, 9.17) is 5.11 Å². The maximum atomic E-state index is 10.4. The van der Waals surface area contributed by atoms with E-state index in [-0.39, 0.29) is 11.9 Å². The van der Waals surface area contributed by atoms with Crippen molar-refractivity contribution in [2.24, 2.45) is 0 Å². The molecule has 0 aromatic heterocycles. The highest BCUT2D eigenvalue weighted by Crippen LogP contribution is 2.00. The highest BCUT2D eigenvalue weighted by atomic mass is 16.3. The van der Waals surface area contributed by atoms with Crippen LogP contribution in [0.15, 0.2) is 24.3 Å². The van der Waals surface area contributed by atoms with Crippen molar-refractivity contribution < 1.29 is 9.90 Å². The number of rotatable bonds is 10. The molecule has 0 aliphatic rings. The molecule has 0 unspecified atom stereocenters. The summed E-state index contributed by atoms with van der Waals surface area (Å²) in [6.07, 6.45) is 16.9. The molecule has 0 amide bonds. The van der Waals surface area contributed by atoms with Crippen molar-refractivity contribution in [2.45, 2.75) is 85.2 Å². The Bertz CT molecular complexity index is 252. The zero-order valence-electron chi connectivity index (χ0n) is 13.9. The van der Waals surface area contributed by atoms with Crippen LogP contribution in [-0.2, 0) is 4.79 Å². The Balaban J connectivity index is 0. The van der Waals surface area contributed by atoms with Crippen LogP contribution < -0.4 is 0 Å². The van der Waals surface area contributed by atoms with Crippen LogP contribution in [0.5, 0.6) is 0 Å². The van der Waals surface area contributed by atoms with Gasteiger partial charge in [-0.25, -0.2) is 0 Å². The first-order valence-corrected chi connectivity index (χ1v) is 8.06. The van der Waals surface area contributed by atoms with E-state index >= 15 is 0 Å². The predicted octanol–water partition coefficient (Wildman–Crippen LogP) is 5.22. The van der Waals surface area contributed by atoms with Gasteiger partial charge in [0, 0.05) is 0 Å². The minimum Gasteiger partial charge on any atom is -0.389 e. The van der Waals surface area contributed by atoms with Gasteiger partial charge in [-0.15, -0.1) is 0 Å². The molecule has 0 saturated heterocycles. The molecule has 0 radical (unpaired) electrons. The second-order valence-corrected chi connectivity index (χ2v) is 5.17. The molecule has 0 aliphatic carbocycles. The molecule has 0 heterocycles. The van der Waals surface area contributed by atoms with Crippen LogP contribution in [0.3, 0.4) is 0 Å². The smallest absolute Gasteiger partial charge is 0.152 e. The number of carbonyl (C=O) groups excluding carboxylic acids is 1. The molecule has 0 fully saturated rings. The van der Waals surface area contributed by atoms with Crippen molar-refractivity contribution in [2.75, 3.05) is 0 Å². The SMILES string of the molecule is CCCCC/C=C/C(C)=O.CCCCC/C=C/[C@@H](C)O. The van der Waals surface area contributed by atoms with Gasteiger partial charge in [0.1, 0.15) is 0 Å². The minimum absolute atomic E-state index is 0.150. The number of carbonyl (C=O) groups is 1. The first-order valence-electron chi connectivity index (χ1n) is 8.06. The normalized spacial score (nSPS) is 12.4. The number of hydrogen-bond donors (Lipinski definition) is 1. The van der Waals surface area contributed by atoms with E-state index in [1.807, 2.05) is 12.2 Å². The van der Waals surface area contributed by atoms with Gasteiger partial charge in [-0.2, -0.15) is 0 Å². The van der Waals surface area contributed by atoms with Gasteiger partial charge in [0.2, 0.25) is 0 Å². The van der Waals surface area contributed by atoms with E-state index in [1.165, 1.54) is 38.5 Å². The summed E-state index contributed by atoms with van der Waals surface area (Å²) in [6.45, 7) is 7.72. The fourth-order valence-electron chi connectivity index (χ4n) is 1.57. The molecular weight excluding hydrogens is 248 g/mol. The topological polar surface area (TPSA) is 37.3 Å². The van der Waals surface area contributed by atoms with Gasteiger partial charge in [-0.1, -0.05) is 57.8 Å². The van der Waals surface area contributed by atoms with Crippen LogP contribution in [0.4, 0.5) is 0 Å². The average molecular weight is 282 g/mol. The highest BCUT2D eigenvalue weighted by Gasteiger charge is 1.85. The molecule has 0 aromatic carbocycles. The van der Waals surface area contributed by atoms with Crippen LogP contribution in [0.25, 0.3) is 0 Å². The summed E-state index contributed by atoms with van der Waals surface area (Å²) in [7, 11) is 0. The van der Waals surface area contributed by atoms with Gasteiger partial charge in [-0.3, -0.25) is 4.79 Å². The minimum atomic E-state index is -0.276. The molecule has 0 bridgehead atoms. The standard InChI is InChI=1S/C9H18O.C9H16O/c2*1-3-4-5-6-7-8-9(2)10/h7-10H,3-6H2,1-2H3;7-8H,3-6H2,1-2H3/b2*8-7+/t9-;/m1./s1. The molecule has 2 heteroatoms. The third-order valence-electron chi connectivity index (χ3n) is 2.72. The summed E-state index contributed by atoms with van der Waals surface area (Å²) >= 11 is 0. The molecule has 1 atom stereocenters. The Morgan fingerprint density at radius 3 is 1.90 bits per heavy atom. The second-order valence-electron chi connectivity index (χ2n) is 5.17. The van der Waals surface area contributed by atoms with E-state index in [0.717, 1.165) is 12.8 Å². The van der Waals surface area contributed by atoms with E-state index < -0.39 is 0 Å². The maximum absolute atomic E-state index is 10.4. The number of hydrogen-bond acceptors (Lipinski definition) is 2. The van der Waals surface area contributed by atoms with Crippen LogP contribution >= 0.6 is 0 Å². The number of aliphatic hydroxyl groups is 1. The van der Waals surface area contributed by atoms with Gasteiger partial charge in [0.15, 0.2) is 5.78 Å². The summed E-state index contributed by atoms with van der Waals surface area (Å²) in [5.41, 5.74) is 0. The number of aliphatic hydroxyl groups excluding tert-OH is 1. The molecule has 2 nitrogen and oxygen atoms in total. The zero-order valence-corrected chi connectivity index (χ0v) is 13.9. The molecule has 20 heavy (non-hydrogen) atoms. The lowest BCUT2D eigenvalue weighted by atomic mass is 10.2. The van der Waals surface area contributed by atoms with Crippen LogP contribution in [0.1, 0.15) is 79.1 Å². The zero-order chi connectivity index (χ0) is 15.6. The van der Waals surface area contributed by atoms with E-state index in [9.17, 15) is 4.79 Å². The summed E-state index contributed by atoms with van der Waals surface area (Å²) in [6, 6.07) is 0. The van der Waals surface area contributed by atoms with E-state index in [0.29, 0.717) is 0 Å². The predicted molar refractivity (Wildman–Crippen MR) is 88.9 cm³/mol. The van der Waals surface area contributed by atoms with Crippen molar-refractivity contribution in [1.82, 2.24) is 0 Å². The van der Waals surface area contributed by atoms with Crippen LogP contribution in [0, 0.1) is 0 Å². The Morgan fingerprint density at radius 2 is 1.50 bits per heavy atom. The summed E-state index contributed by atoms with van der Waals surface area (Å²) in [5.74, 6) is 0.150. The Kier molecular flexibility index (Phi) is 19.4. The molecule has 1 N–H and O–H groups in total. The van der Waals surface area contributed by atoms with Gasteiger partial charge in [-0.05, 0) is 45.6 Å². The Labute approximate surface area is 126 Å². The molecule has 0 spiro atoms. The van der Waals surface area contributed by atoms with Crippen molar-refractivity contribution in [3.8, 4) is 0 Å². The second kappa shape index (κ2) is 18.1. The third kappa shape index (κ3) is 25.8. The summed E-state index contributed by atoms with van der Waals surface area (Å²) in [4.78, 5) is 10.4. The van der Waals surface area contributed by atoms with Crippen molar-refractivity contribution >= 4 is 5.78 Å². The lowest BCUT2D eigenvalue weighted by Crippen LogP contribution is -1.91. The lowest BCUT2D eigenvalue weighted by molar-refractivity contribution is -0.112. The summed E-state index contributed by atoms with van der Waals surface area (Å²) in [5, 5.41) is 8.82. The molecule has 0 saturated carbocycles. The number of unbranched alkanes of at least 4 members (excludes halogenated alkanes) is 6. The molecular formula is C18H34O2. The highest BCUT2D eigenvalue weighted by molar-refractivity contribution is 5.87. The Hall–Kier alpha value is -0.890. The molecule has 0 aromatic rings. The third-order valence-corrected chi connectivity index (χ3v) is 2.72. The number of allylic oxidation sites excluding steroid dienone is 3. The molecule has 118 valence electrons. The average Bonchev–Trinajstić information content (AvgIpc) is 2.38. The number of ketones is 1. The van der Waals surface area contributed by atoms with Crippen LogP contribution in [0.2, 0.25) is 0 Å². The van der Waals surface area contributed by atoms with E-state index in [1.54, 1.807) is 19.9 Å². The monoisotopic (exact) mass is 282 g/mol. The maximum Gasteiger partial charge on any atom is 0.152 e. The van der Waals surface area contributed by atoms with Crippen molar-refractivity contribution in [1.29, 1.82) is 0 Å².